The second kappa shape index (κ2) is 9.94. The van der Waals surface area contributed by atoms with Gasteiger partial charge in [0, 0.05) is 43.9 Å². The molecule has 1 aromatic rings. The summed E-state index contributed by atoms with van der Waals surface area (Å²) in [5.41, 5.74) is 14.1. The summed E-state index contributed by atoms with van der Waals surface area (Å²) in [6.07, 6.45) is 7.01. The SMILES string of the molecule is COc1ccc(C2=CN(C3CCCN(C(=O)/C=C/CN(C)C)C3)C3C(=O)NNC(N)C23)cc1. The Bertz CT molecular complexity index is 929. The largest absolute Gasteiger partial charge is 0.497 e. The van der Waals surface area contributed by atoms with E-state index in [4.69, 9.17) is 10.5 Å². The molecule has 4 unspecified atom stereocenters. The fourth-order valence-electron chi connectivity index (χ4n) is 4.94. The third kappa shape index (κ3) is 4.90. The lowest BCUT2D eigenvalue weighted by Gasteiger charge is -2.43. The molecule has 2 amide bonds. The van der Waals surface area contributed by atoms with Gasteiger partial charge in [-0.25, -0.2) is 5.43 Å². The van der Waals surface area contributed by atoms with E-state index in [0.717, 1.165) is 42.8 Å². The van der Waals surface area contributed by atoms with Gasteiger partial charge in [0.05, 0.1) is 13.3 Å². The van der Waals surface area contributed by atoms with E-state index in [1.807, 2.05) is 54.2 Å². The van der Waals surface area contributed by atoms with Gasteiger partial charge in [-0.3, -0.25) is 15.0 Å². The van der Waals surface area contributed by atoms with E-state index in [-0.39, 0.29) is 23.8 Å². The molecule has 3 aliphatic heterocycles. The van der Waals surface area contributed by atoms with E-state index in [0.29, 0.717) is 6.54 Å². The number of carbonyl (C=O) groups excluding carboxylic acids is 2. The van der Waals surface area contributed by atoms with Gasteiger partial charge >= 0.3 is 0 Å². The van der Waals surface area contributed by atoms with Crippen LogP contribution in [-0.4, -0.2) is 85.6 Å². The van der Waals surface area contributed by atoms with Crippen LogP contribution in [0.25, 0.3) is 5.57 Å². The first-order valence-corrected chi connectivity index (χ1v) is 11.4. The summed E-state index contributed by atoms with van der Waals surface area (Å²) in [6, 6.07) is 7.45. The molecule has 0 saturated carbocycles. The van der Waals surface area contributed by atoms with Gasteiger partial charge in [0.1, 0.15) is 11.8 Å². The average Bonchev–Trinajstić information content (AvgIpc) is 3.23. The summed E-state index contributed by atoms with van der Waals surface area (Å²) in [4.78, 5) is 31.7. The number of methoxy groups -OCH3 is 1. The van der Waals surface area contributed by atoms with Crippen LogP contribution in [0.5, 0.6) is 5.75 Å². The number of carbonyl (C=O) groups is 2. The highest BCUT2D eigenvalue weighted by Crippen LogP contribution is 2.40. The number of piperidine rings is 1. The smallest absolute Gasteiger partial charge is 0.257 e. The van der Waals surface area contributed by atoms with Crippen molar-refractivity contribution in [2.45, 2.75) is 31.1 Å². The molecule has 3 heterocycles. The van der Waals surface area contributed by atoms with Gasteiger partial charge in [-0.15, -0.1) is 0 Å². The topological polar surface area (TPSA) is 103 Å². The van der Waals surface area contributed by atoms with E-state index < -0.39 is 12.2 Å². The number of ether oxygens (including phenoxy) is 1. The van der Waals surface area contributed by atoms with E-state index in [1.165, 1.54) is 0 Å². The Morgan fingerprint density at radius 2 is 2.06 bits per heavy atom. The van der Waals surface area contributed by atoms with E-state index in [9.17, 15) is 9.59 Å². The van der Waals surface area contributed by atoms with Gasteiger partial charge in [0.15, 0.2) is 0 Å². The Labute approximate surface area is 195 Å². The molecule has 0 radical (unpaired) electrons. The summed E-state index contributed by atoms with van der Waals surface area (Å²) in [5, 5.41) is 0. The third-order valence-corrected chi connectivity index (χ3v) is 6.61. The van der Waals surface area contributed by atoms with Crippen molar-refractivity contribution >= 4 is 17.4 Å². The highest BCUT2D eigenvalue weighted by molar-refractivity contribution is 5.89. The first-order valence-electron chi connectivity index (χ1n) is 11.4. The highest BCUT2D eigenvalue weighted by Gasteiger charge is 2.49. The van der Waals surface area contributed by atoms with Crippen molar-refractivity contribution in [2.75, 3.05) is 40.8 Å². The number of amides is 2. The van der Waals surface area contributed by atoms with Crippen LogP contribution in [0.15, 0.2) is 42.6 Å². The van der Waals surface area contributed by atoms with Crippen LogP contribution in [-0.2, 0) is 9.59 Å². The van der Waals surface area contributed by atoms with E-state index in [2.05, 4.69) is 22.0 Å². The molecule has 0 aliphatic carbocycles. The molecule has 178 valence electrons. The van der Waals surface area contributed by atoms with Crippen molar-refractivity contribution < 1.29 is 14.3 Å². The zero-order valence-corrected chi connectivity index (χ0v) is 19.5. The van der Waals surface area contributed by atoms with Crippen LogP contribution >= 0.6 is 0 Å². The van der Waals surface area contributed by atoms with E-state index in [1.54, 1.807) is 13.2 Å². The van der Waals surface area contributed by atoms with Gasteiger partial charge in [0.25, 0.3) is 5.91 Å². The minimum atomic E-state index is -0.415. The summed E-state index contributed by atoms with van der Waals surface area (Å²) >= 11 is 0. The standard InChI is InChI=1S/C24H34N6O3/c1-28(2)12-5-7-20(31)29-13-4-6-17(14-29)30-15-19(16-8-10-18(33-3)11-9-16)21-22(30)24(32)27-26-23(21)25/h5,7-11,15,17,21-23,26H,4,6,12-14,25H2,1-3H3,(H,27,32)/b7-5+. The first-order chi connectivity index (χ1) is 15.9. The maximum Gasteiger partial charge on any atom is 0.257 e. The Morgan fingerprint density at radius 1 is 1.30 bits per heavy atom. The number of likely N-dealkylation sites (tertiary alicyclic amines) is 1. The van der Waals surface area contributed by atoms with Crippen LogP contribution in [0.4, 0.5) is 0 Å². The van der Waals surface area contributed by atoms with Crippen molar-refractivity contribution in [1.82, 2.24) is 25.6 Å². The maximum atomic E-state index is 13.0. The molecule has 0 spiro atoms. The quantitative estimate of drug-likeness (QED) is 0.534. The number of fused-ring (bicyclic) bond motifs is 1. The zero-order valence-electron chi connectivity index (χ0n) is 19.5. The lowest BCUT2D eigenvalue weighted by Crippen LogP contribution is -2.67. The monoisotopic (exact) mass is 454 g/mol. The van der Waals surface area contributed by atoms with Crippen molar-refractivity contribution in [3.8, 4) is 5.75 Å². The fourth-order valence-corrected chi connectivity index (χ4v) is 4.94. The molecule has 1 aromatic carbocycles. The molecule has 0 bridgehead atoms. The van der Waals surface area contributed by atoms with Crippen LogP contribution in [0, 0.1) is 5.92 Å². The Balaban J connectivity index is 1.58. The maximum absolute atomic E-state index is 13.0. The van der Waals surface area contributed by atoms with Crippen molar-refractivity contribution in [3.05, 3.63) is 48.2 Å². The molecule has 3 aliphatic rings. The van der Waals surface area contributed by atoms with Crippen molar-refractivity contribution in [1.29, 1.82) is 0 Å². The summed E-state index contributed by atoms with van der Waals surface area (Å²) in [7, 11) is 5.58. The Kier molecular flexibility index (Phi) is 7.02. The molecule has 4 N–H and O–H groups in total. The Morgan fingerprint density at radius 3 is 2.76 bits per heavy atom. The van der Waals surface area contributed by atoms with E-state index >= 15 is 0 Å². The molecule has 9 heteroatoms. The second-order valence-corrected chi connectivity index (χ2v) is 9.14. The molecule has 2 fully saturated rings. The van der Waals surface area contributed by atoms with Crippen molar-refractivity contribution in [2.24, 2.45) is 11.7 Å². The average molecular weight is 455 g/mol. The minimum absolute atomic E-state index is 0.0168. The number of nitrogens with zero attached hydrogens (tertiary/aromatic N) is 3. The molecule has 4 atom stereocenters. The van der Waals surface area contributed by atoms with Crippen LogP contribution in [0.2, 0.25) is 0 Å². The van der Waals surface area contributed by atoms with Crippen LogP contribution in [0.3, 0.4) is 0 Å². The number of hydrazine groups is 1. The van der Waals surface area contributed by atoms with Gasteiger partial charge in [-0.2, -0.15) is 0 Å². The number of nitrogens with one attached hydrogen (secondary N) is 2. The minimum Gasteiger partial charge on any atom is -0.497 e. The lowest BCUT2D eigenvalue weighted by molar-refractivity contribution is -0.132. The van der Waals surface area contributed by atoms with Gasteiger partial charge in [-0.05, 0) is 50.2 Å². The molecule has 33 heavy (non-hydrogen) atoms. The number of benzene rings is 1. The Hall–Kier alpha value is -2.88. The third-order valence-electron chi connectivity index (χ3n) is 6.61. The fraction of sp³-hybridized carbons (Fsp3) is 0.500. The van der Waals surface area contributed by atoms with Gasteiger partial charge < -0.3 is 25.2 Å². The number of rotatable bonds is 6. The normalized spacial score (nSPS) is 27.5. The predicted molar refractivity (Wildman–Crippen MR) is 127 cm³/mol. The summed E-state index contributed by atoms with van der Waals surface area (Å²) in [6.45, 7) is 2.03. The molecular formula is C24H34N6O3. The van der Waals surface area contributed by atoms with Crippen LogP contribution in [0.1, 0.15) is 18.4 Å². The van der Waals surface area contributed by atoms with Gasteiger partial charge in [-0.1, -0.05) is 18.2 Å². The predicted octanol–water partition coefficient (Wildman–Crippen LogP) is 0.365. The zero-order chi connectivity index (χ0) is 23.5. The first kappa shape index (κ1) is 23.3. The second-order valence-electron chi connectivity index (χ2n) is 9.14. The molecule has 9 nitrogen and oxygen atoms in total. The van der Waals surface area contributed by atoms with Crippen molar-refractivity contribution in [3.63, 3.8) is 0 Å². The molecular weight excluding hydrogens is 420 g/mol. The van der Waals surface area contributed by atoms with Gasteiger partial charge in [0.2, 0.25) is 5.91 Å². The number of likely N-dealkylation sites (N-methyl/N-ethyl adjacent to an activating group) is 1. The number of hydrogen-bond donors (Lipinski definition) is 3. The summed E-state index contributed by atoms with van der Waals surface area (Å²) in [5.74, 6) is 0.496. The number of nitrogens with two attached hydrogens (primary N) is 1. The number of hydrogen-bond acceptors (Lipinski definition) is 7. The summed E-state index contributed by atoms with van der Waals surface area (Å²) < 4.78 is 5.29. The van der Waals surface area contributed by atoms with Crippen LogP contribution < -0.4 is 21.3 Å². The molecule has 4 rings (SSSR count). The highest BCUT2D eigenvalue weighted by atomic mass is 16.5. The lowest BCUT2D eigenvalue weighted by atomic mass is 9.86. The molecule has 2 saturated heterocycles. The molecule has 0 aromatic heterocycles.